The summed E-state index contributed by atoms with van der Waals surface area (Å²) in [6, 6.07) is 1.92. The number of hydrogen-bond acceptors (Lipinski definition) is 6. The summed E-state index contributed by atoms with van der Waals surface area (Å²) in [6.45, 7) is 4.34. The lowest BCUT2D eigenvalue weighted by atomic mass is 9.85. The van der Waals surface area contributed by atoms with E-state index in [1.807, 2.05) is 0 Å². The first kappa shape index (κ1) is 18.7. The molecule has 11 heteroatoms. The van der Waals surface area contributed by atoms with Gasteiger partial charge < -0.3 is 13.7 Å². The molecule has 1 atom stereocenters. The number of ether oxygens (including phenoxy) is 2. The molecular formula is C13H12ClF3O6S. The number of alkyl halides is 3. The smallest absolute Gasteiger partial charge is 0.452 e. The normalized spacial score (nSPS) is 19.4. The molecule has 1 unspecified atom stereocenters. The Labute approximate surface area is 140 Å². The largest absolute Gasteiger partial charge is 0.534 e. The highest BCUT2D eigenvalue weighted by Crippen LogP contribution is 2.49. The van der Waals surface area contributed by atoms with Gasteiger partial charge in [0.2, 0.25) is 0 Å². The number of carbonyl (C=O) groups is 1. The molecule has 0 aliphatic carbocycles. The minimum absolute atomic E-state index is 0.0738. The van der Waals surface area contributed by atoms with Crippen molar-refractivity contribution in [1.82, 2.24) is 0 Å². The number of carbonyl (C=O) groups excluding carboxylic acids is 1. The van der Waals surface area contributed by atoms with Crippen LogP contribution in [0.5, 0.6) is 11.5 Å². The molecule has 0 N–H and O–H groups in total. The maximum Gasteiger partial charge on any atom is 0.534 e. The van der Waals surface area contributed by atoms with E-state index in [-0.39, 0.29) is 16.3 Å². The fourth-order valence-electron chi connectivity index (χ4n) is 2.09. The van der Waals surface area contributed by atoms with Gasteiger partial charge in [-0.1, -0.05) is 11.6 Å². The molecule has 1 aliphatic heterocycles. The van der Waals surface area contributed by atoms with Crippen molar-refractivity contribution in [2.45, 2.75) is 38.0 Å². The van der Waals surface area contributed by atoms with Gasteiger partial charge in [-0.05, 0) is 19.9 Å². The zero-order chi connectivity index (χ0) is 18.5. The molecular weight excluding hydrogens is 377 g/mol. The maximum atomic E-state index is 12.4. The van der Waals surface area contributed by atoms with Crippen LogP contribution in [0.3, 0.4) is 0 Å². The van der Waals surface area contributed by atoms with Crippen LogP contribution in [0.1, 0.15) is 26.3 Å². The van der Waals surface area contributed by atoms with Gasteiger partial charge in [0.15, 0.2) is 0 Å². The summed E-state index contributed by atoms with van der Waals surface area (Å²) in [5, 5.41) is -0.178. The number of benzene rings is 1. The Bertz CT molecular complexity index is 788. The summed E-state index contributed by atoms with van der Waals surface area (Å²) >= 11 is 5.93. The lowest BCUT2D eigenvalue weighted by Crippen LogP contribution is -2.36. The summed E-state index contributed by atoms with van der Waals surface area (Å²) in [7, 11) is -5.84. The first-order valence-corrected chi connectivity index (χ1v) is 8.23. The SMILES string of the molecule is CC(=O)OC1Oc2c(Cl)cc(OS(=O)(=O)C(F)(F)F)cc2C1(C)C. The van der Waals surface area contributed by atoms with E-state index in [2.05, 4.69) is 4.18 Å². The third-order valence-electron chi connectivity index (χ3n) is 3.29. The van der Waals surface area contributed by atoms with E-state index in [9.17, 15) is 26.4 Å². The summed E-state index contributed by atoms with van der Waals surface area (Å²) in [6.07, 6.45) is -1.07. The summed E-state index contributed by atoms with van der Waals surface area (Å²) in [5.74, 6) is -1.19. The molecule has 1 aliphatic rings. The van der Waals surface area contributed by atoms with Gasteiger partial charge in [0.1, 0.15) is 11.5 Å². The van der Waals surface area contributed by atoms with Gasteiger partial charge in [0.05, 0.1) is 10.4 Å². The Kier molecular flexibility index (Phi) is 4.43. The predicted octanol–water partition coefficient (Wildman–Crippen LogP) is 3.13. The number of rotatable bonds is 3. The van der Waals surface area contributed by atoms with Crippen molar-refractivity contribution >= 4 is 27.7 Å². The molecule has 0 saturated heterocycles. The Morgan fingerprint density at radius 3 is 2.42 bits per heavy atom. The van der Waals surface area contributed by atoms with E-state index in [1.54, 1.807) is 13.8 Å². The highest BCUT2D eigenvalue weighted by atomic mass is 35.5. The first-order chi connectivity index (χ1) is 10.8. The molecule has 1 heterocycles. The molecule has 0 saturated carbocycles. The van der Waals surface area contributed by atoms with Crippen LogP contribution in [0, 0.1) is 0 Å². The van der Waals surface area contributed by atoms with Crippen LogP contribution >= 0.6 is 11.6 Å². The standard InChI is InChI=1S/C13H12ClF3O6S/c1-6(18)21-11-12(2,3)8-4-7(5-9(14)10(8)22-11)23-24(19,20)13(15,16)17/h4-5,11H,1-3H3. The average molecular weight is 389 g/mol. The van der Waals surface area contributed by atoms with E-state index in [0.29, 0.717) is 0 Å². The van der Waals surface area contributed by atoms with Crippen LogP contribution in [-0.4, -0.2) is 26.2 Å². The molecule has 0 aromatic heterocycles. The van der Waals surface area contributed by atoms with Crippen molar-refractivity contribution in [2.75, 3.05) is 0 Å². The molecule has 0 fully saturated rings. The quantitative estimate of drug-likeness (QED) is 0.449. The van der Waals surface area contributed by atoms with Crippen LogP contribution in [0.25, 0.3) is 0 Å². The Balaban J connectivity index is 2.44. The first-order valence-electron chi connectivity index (χ1n) is 6.44. The maximum absolute atomic E-state index is 12.4. The van der Waals surface area contributed by atoms with Gasteiger partial charge in [0.25, 0.3) is 6.29 Å². The number of hydrogen-bond donors (Lipinski definition) is 0. The van der Waals surface area contributed by atoms with Gasteiger partial charge in [-0.15, -0.1) is 0 Å². The topological polar surface area (TPSA) is 78.9 Å². The lowest BCUT2D eigenvalue weighted by Gasteiger charge is -2.24. The number of esters is 1. The molecule has 6 nitrogen and oxygen atoms in total. The molecule has 24 heavy (non-hydrogen) atoms. The van der Waals surface area contributed by atoms with Gasteiger partial charge in [-0.3, -0.25) is 4.79 Å². The highest BCUT2D eigenvalue weighted by Gasteiger charge is 2.50. The van der Waals surface area contributed by atoms with Crippen LogP contribution < -0.4 is 8.92 Å². The van der Waals surface area contributed by atoms with Crippen LogP contribution in [0.15, 0.2) is 12.1 Å². The molecule has 0 bridgehead atoms. The van der Waals surface area contributed by atoms with Crippen LogP contribution in [0.2, 0.25) is 5.02 Å². The summed E-state index contributed by atoms with van der Waals surface area (Å²) in [4.78, 5) is 11.1. The molecule has 134 valence electrons. The fourth-order valence-corrected chi connectivity index (χ4v) is 2.79. The minimum atomic E-state index is -5.84. The second-order valence-electron chi connectivity index (χ2n) is 5.55. The van der Waals surface area contributed by atoms with Crippen LogP contribution in [0.4, 0.5) is 13.2 Å². The highest BCUT2D eigenvalue weighted by molar-refractivity contribution is 7.88. The average Bonchev–Trinajstić information content (AvgIpc) is 2.60. The number of fused-ring (bicyclic) bond motifs is 1. The number of halogens is 4. The van der Waals surface area contributed by atoms with E-state index >= 15 is 0 Å². The second kappa shape index (κ2) is 5.69. The third kappa shape index (κ3) is 3.25. The van der Waals surface area contributed by atoms with E-state index in [0.717, 1.165) is 19.1 Å². The van der Waals surface area contributed by atoms with Crippen LogP contribution in [-0.2, 0) is 25.1 Å². The summed E-state index contributed by atoms with van der Waals surface area (Å²) < 4.78 is 74.0. The van der Waals surface area contributed by atoms with Gasteiger partial charge in [0, 0.05) is 18.6 Å². The molecule has 0 spiro atoms. The van der Waals surface area contributed by atoms with E-state index < -0.39 is 39.1 Å². The Morgan fingerprint density at radius 2 is 1.92 bits per heavy atom. The molecule has 1 aromatic carbocycles. The third-order valence-corrected chi connectivity index (χ3v) is 4.55. The van der Waals surface area contributed by atoms with Crippen molar-refractivity contribution in [3.05, 3.63) is 22.7 Å². The van der Waals surface area contributed by atoms with Gasteiger partial charge in [-0.25, -0.2) is 0 Å². The zero-order valence-electron chi connectivity index (χ0n) is 12.6. The predicted molar refractivity (Wildman–Crippen MR) is 76.3 cm³/mol. The Hall–Kier alpha value is -1.68. The van der Waals surface area contributed by atoms with Crippen molar-refractivity contribution in [3.8, 4) is 11.5 Å². The van der Waals surface area contributed by atoms with E-state index in [4.69, 9.17) is 21.1 Å². The van der Waals surface area contributed by atoms with Gasteiger partial charge in [-0.2, -0.15) is 21.6 Å². The minimum Gasteiger partial charge on any atom is -0.452 e. The van der Waals surface area contributed by atoms with E-state index in [1.165, 1.54) is 0 Å². The second-order valence-corrected chi connectivity index (χ2v) is 7.49. The Morgan fingerprint density at radius 1 is 1.33 bits per heavy atom. The summed E-state index contributed by atoms with van der Waals surface area (Å²) in [5.41, 5.74) is -6.33. The van der Waals surface area contributed by atoms with Crippen molar-refractivity contribution < 1.29 is 40.0 Å². The van der Waals surface area contributed by atoms with Gasteiger partial charge >= 0.3 is 21.6 Å². The zero-order valence-corrected chi connectivity index (χ0v) is 14.2. The lowest BCUT2D eigenvalue weighted by molar-refractivity contribution is -0.165. The van der Waals surface area contributed by atoms with Crippen molar-refractivity contribution in [2.24, 2.45) is 0 Å². The fraction of sp³-hybridized carbons (Fsp3) is 0.462. The monoisotopic (exact) mass is 388 g/mol. The van der Waals surface area contributed by atoms with Crippen molar-refractivity contribution in [1.29, 1.82) is 0 Å². The molecule has 1 aromatic rings. The molecule has 0 amide bonds. The molecule has 2 rings (SSSR count). The molecule has 0 radical (unpaired) electrons. The van der Waals surface area contributed by atoms with Crippen molar-refractivity contribution in [3.63, 3.8) is 0 Å².